The molecule has 3 aliphatic rings. The van der Waals surface area contributed by atoms with E-state index in [0.717, 1.165) is 24.2 Å². The second-order valence-electron chi connectivity index (χ2n) is 17.7. The number of aryl methyl sites for hydroxylation is 1. The van der Waals surface area contributed by atoms with E-state index in [9.17, 15) is 9.59 Å². The smallest absolute Gasteiger partial charge is 0.347 e. The summed E-state index contributed by atoms with van der Waals surface area (Å²) in [6.07, 6.45) is 9.13. The van der Waals surface area contributed by atoms with Gasteiger partial charge < -0.3 is 23.1 Å². The maximum absolute atomic E-state index is 14.2. The SMILES string of the molecule is CCc1ccccc1OC(CC)C(=O)O[C@H]1C[C@H](C(C)(C)C)C=C2C=C[C@H](C)[C@](CC[C@@H]3C[C@H](C(C)(C)C)C(O[Si](C)C)C(=O)O3)(O[Si](C)C)[C@H]21. The summed E-state index contributed by atoms with van der Waals surface area (Å²) in [6, 6.07) is 7.92. The van der Waals surface area contributed by atoms with Gasteiger partial charge in [0.15, 0.2) is 6.10 Å². The summed E-state index contributed by atoms with van der Waals surface area (Å²) >= 11 is 0. The topological polar surface area (TPSA) is 80.3 Å². The fourth-order valence-corrected chi connectivity index (χ4v) is 10.3. The molecule has 0 amide bonds. The molecule has 1 heterocycles. The molecule has 9 heteroatoms. The zero-order valence-corrected chi connectivity index (χ0v) is 35.8. The van der Waals surface area contributed by atoms with Crippen LogP contribution in [-0.2, 0) is 34.3 Å². The van der Waals surface area contributed by atoms with Crippen LogP contribution in [0.25, 0.3) is 0 Å². The Labute approximate surface area is 312 Å². The molecule has 1 saturated heterocycles. The number of ether oxygens (including phenoxy) is 3. The molecule has 0 N–H and O–H groups in total. The van der Waals surface area contributed by atoms with Gasteiger partial charge in [0, 0.05) is 17.8 Å². The van der Waals surface area contributed by atoms with Crippen LogP contribution >= 0.6 is 0 Å². The first-order chi connectivity index (χ1) is 23.8. The van der Waals surface area contributed by atoms with E-state index in [1.165, 1.54) is 5.57 Å². The van der Waals surface area contributed by atoms with Gasteiger partial charge in [-0.15, -0.1) is 0 Å². The van der Waals surface area contributed by atoms with E-state index in [0.29, 0.717) is 25.7 Å². The number of esters is 2. The Kier molecular flexibility index (Phi) is 13.7. The van der Waals surface area contributed by atoms with Crippen LogP contribution in [0.1, 0.15) is 100.0 Å². The zero-order chi connectivity index (χ0) is 37.9. The summed E-state index contributed by atoms with van der Waals surface area (Å²) in [4.78, 5) is 27.7. The molecule has 51 heavy (non-hydrogen) atoms. The third-order valence-electron chi connectivity index (χ3n) is 11.2. The highest BCUT2D eigenvalue weighted by Gasteiger charge is 2.55. The molecular weight excluding hydrogens is 673 g/mol. The highest BCUT2D eigenvalue weighted by Crippen LogP contribution is 2.53. The molecule has 2 aliphatic carbocycles. The maximum atomic E-state index is 14.2. The molecule has 4 rings (SSSR count). The van der Waals surface area contributed by atoms with E-state index in [2.05, 4.69) is 99.8 Å². The van der Waals surface area contributed by atoms with Gasteiger partial charge in [-0.3, -0.25) is 0 Å². The van der Waals surface area contributed by atoms with Crippen molar-refractivity contribution < 1.29 is 32.7 Å². The molecule has 2 unspecified atom stereocenters. The van der Waals surface area contributed by atoms with Gasteiger partial charge in [0.05, 0.1) is 5.60 Å². The van der Waals surface area contributed by atoms with Crippen LogP contribution in [0.5, 0.6) is 5.75 Å². The van der Waals surface area contributed by atoms with Gasteiger partial charge in [-0.1, -0.05) is 98.7 Å². The number of hydrogen-bond donors (Lipinski definition) is 0. The Bertz CT molecular complexity index is 1410. The minimum absolute atomic E-state index is 0.0246. The van der Waals surface area contributed by atoms with Crippen LogP contribution in [0.3, 0.4) is 0 Å². The standard InChI is InChI=1S/C42H66O7Si2/c1-14-28-18-16-17-19-34(28)46-33(15-2)38(43)47-35-25-30(40(4,5)6)24-29-21-20-27(3)42(36(29)35,49-51(12)13)23-22-31-26-32(41(7,8)9)37(39(44)45-31)48-50(10)11/h16-21,24,27,30-33,35-37H,14-15,22-23,25-26H2,1-13H3/t27-,30+,31+,32-,33?,35-,36+,37?,42-/m0/s1. The van der Waals surface area contributed by atoms with Crippen LogP contribution in [-0.4, -0.2) is 60.0 Å². The second-order valence-corrected chi connectivity index (χ2v) is 21.7. The summed E-state index contributed by atoms with van der Waals surface area (Å²) in [5, 5.41) is 0. The number of allylic oxidation sites excluding steroid dienone is 2. The normalized spacial score (nSPS) is 30.5. The molecule has 0 spiro atoms. The number of carbonyl (C=O) groups excluding carboxylic acids is 2. The Balaban J connectivity index is 1.69. The fourth-order valence-electron chi connectivity index (χ4n) is 8.35. The lowest BCUT2D eigenvalue weighted by molar-refractivity contribution is -0.180. The molecular formula is C42H66O7Si2. The molecule has 1 fully saturated rings. The summed E-state index contributed by atoms with van der Waals surface area (Å²) in [5.74, 6) is 0.309. The number of para-hydroxylation sites is 1. The van der Waals surface area contributed by atoms with Crippen LogP contribution in [0.15, 0.2) is 48.1 Å². The third-order valence-corrected chi connectivity index (χ3v) is 12.8. The van der Waals surface area contributed by atoms with Gasteiger partial charge in [0.2, 0.25) is 18.1 Å². The van der Waals surface area contributed by atoms with E-state index in [1.54, 1.807) is 0 Å². The van der Waals surface area contributed by atoms with Crippen molar-refractivity contribution in [1.29, 1.82) is 0 Å². The number of benzene rings is 1. The predicted octanol–water partition coefficient (Wildman–Crippen LogP) is 9.53. The number of carbonyl (C=O) groups is 2. The van der Waals surface area contributed by atoms with Gasteiger partial charge >= 0.3 is 11.9 Å². The summed E-state index contributed by atoms with van der Waals surface area (Å²) in [5.41, 5.74) is 1.47. The minimum Gasteiger partial charge on any atom is -0.478 e. The molecule has 9 atom stereocenters. The lowest BCUT2D eigenvalue weighted by atomic mass is 9.59. The van der Waals surface area contributed by atoms with E-state index in [1.807, 2.05) is 31.2 Å². The first kappa shape index (κ1) is 41.5. The van der Waals surface area contributed by atoms with Gasteiger partial charge in [-0.2, -0.15) is 0 Å². The Morgan fingerprint density at radius 2 is 1.69 bits per heavy atom. The van der Waals surface area contributed by atoms with Crippen LogP contribution in [0.2, 0.25) is 26.2 Å². The molecule has 1 aromatic rings. The highest BCUT2D eigenvalue weighted by atomic mass is 28.3. The van der Waals surface area contributed by atoms with Crippen molar-refractivity contribution in [2.24, 2.45) is 34.5 Å². The van der Waals surface area contributed by atoms with Crippen molar-refractivity contribution in [3.05, 3.63) is 53.6 Å². The Hall–Kier alpha value is -2.21. The van der Waals surface area contributed by atoms with Gasteiger partial charge in [-0.05, 0) is 98.7 Å². The lowest BCUT2D eigenvalue weighted by Crippen LogP contribution is -2.58. The van der Waals surface area contributed by atoms with Crippen molar-refractivity contribution in [3.8, 4) is 5.75 Å². The van der Waals surface area contributed by atoms with Crippen molar-refractivity contribution in [2.75, 3.05) is 0 Å². The lowest BCUT2D eigenvalue weighted by Gasteiger charge is -2.54. The quantitative estimate of drug-likeness (QED) is 0.147. The van der Waals surface area contributed by atoms with Crippen molar-refractivity contribution in [3.63, 3.8) is 0 Å². The summed E-state index contributed by atoms with van der Waals surface area (Å²) < 4.78 is 32.7. The third kappa shape index (κ3) is 9.87. The average molecular weight is 739 g/mol. The molecule has 0 bridgehead atoms. The maximum Gasteiger partial charge on any atom is 0.347 e. The minimum atomic E-state index is -1.20. The first-order valence-corrected chi connectivity index (χ1v) is 24.1. The summed E-state index contributed by atoms with van der Waals surface area (Å²) in [6.45, 7) is 28.2. The largest absolute Gasteiger partial charge is 0.478 e. The molecule has 1 aliphatic heterocycles. The molecule has 7 nitrogen and oxygen atoms in total. The first-order valence-electron chi connectivity index (χ1n) is 19.3. The highest BCUT2D eigenvalue weighted by molar-refractivity contribution is 6.49. The predicted molar refractivity (Wildman–Crippen MR) is 208 cm³/mol. The number of cyclic esters (lactones) is 1. The molecule has 284 valence electrons. The number of rotatable bonds is 13. The van der Waals surface area contributed by atoms with Crippen LogP contribution < -0.4 is 4.74 Å². The molecule has 0 saturated carbocycles. The van der Waals surface area contributed by atoms with E-state index >= 15 is 0 Å². The van der Waals surface area contributed by atoms with Gasteiger partial charge in [0.1, 0.15) is 24.1 Å². The van der Waals surface area contributed by atoms with E-state index < -0.39 is 42.0 Å². The Morgan fingerprint density at radius 3 is 2.27 bits per heavy atom. The Morgan fingerprint density at radius 1 is 1.00 bits per heavy atom. The number of fused-ring (bicyclic) bond motifs is 1. The van der Waals surface area contributed by atoms with Crippen LogP contribution in [0, 0.1) is 34.5 Å². The van der Waals surface area contributed by atoms with Crippen molar-refractivity contribution in [2.45, 2.75) is 157 Å². The molecule has 2 radical (unpaired) electrons. The van der Waals surface area contributed by atoms with Crippen molar-refractivity contribution in [1.82, 2.24) is 0 Å². The molecule has 1 aromatic carbocycles. The van der Waals surface area contributed by atoms with E-state index in [4.69, 9.17) is 23.1 Å². The number of hydrogen-bond acceptors (Lipinski definition) is 7. The summed E-state index contributed by atoms with van der Waals surface area (Å²) in [7, 11) is -2.29. The van der Waals surface area contributed by atoms with E-state index in [-0.39, 0.29) is 52.5 Å². The zero-order valence-electron chi connectivity index (χ0n) is 33.8. The molecule has 0 aromatic heterocycles. The van der Waals surface area contributed by atoms with Gasteiger partial charge in [-0.25, -0.2) is 9.59 Å². The van der Waals surface area contributed by atoms with Gasteiger partial charge in [0.25, 0.3) is 0 Å². The average Bonchev–Trinajstić information content (AvgIpc) is 3.03. The fraction of sp³-hybridized carbons (Fsp3) is 0.714. The monoisotopic (exact) mass is 738 g/mol. The van der Waals surface area contributed by atoms with Crippen molar-refractivity contribution >= 4 is 30.0 Å². The second kappa shape index (κ2) is 16.9. The van der Waals surface area contributed by atoms with Crippen LogP contribution in [0.4, 0.5) is 0 Å².